The quantitative estimate of drug-likeness (QED) is 0.578. The van der Waals surface area contributed by atoms with Crippen molar-refractivity contribution in [2.24, 2.45) is 0 Å². The van der Waals surface area contributed by atoms with Gasteiger partial charge in [0.2, 0.25) is 5.95 Å². The lowest BCUT2D eigenvalue weighted by molar-refractivity contribution is 0.575. The Morgan fingerprint density at radius 1 is 1.60 bits per heavy atom. The van der Waals surface area contributed by atoms with E-state index in [1.54, 1.807) is 12.1 Å². The highest BCUT2D eigenvalue weighted by atomic mass is 19.1. The van der Waals surface area contributed by atoms with Crippen molar-refractivity contribution < 1.29 is 4.39 Å². The second-order valence-electron chi connectivity index (χ2n) is 3.38. The molecule has 1 atom stereocenters. The molecular weight excluding hydrogens is 193 g/mol. The van der Waals surface area contributed by atoms with Gasteiger partial charge in [-0.3, -0.25) is 0 Å². The van der Waals surface area contributed by atoms with Crippen molar-refractivity contribution in [3.05, 3.63) is 36.4 Å². The van der Waals surface area contributed by atoms with Crippen molar-refractivity contribution in [2.45, 2.75) is 26.4 Å². The Morgan fingerprint density at radius 3 is 2.87 bits per heavy atom. The summed E-state index contributed by atoms with van der Waals surface area (Å²) in [5.74, 6) is 0.0424. The largest absolute Gasteiger partial charge is 0.369 e. The first-order valence-electron chi connectivity index (χ1n) is 4.93. The van der Waals surface area contributed by atoms with Crippen molar-refractivity contribution in [3.8, 4) is 0 Å². The summed E-state index contributed by atoms with van der Waals surface area (Å²) in [5, 5.41) is 6.21. The van der Waals surface area contributed by atoms with Crippen molar-refractivity contribution >= 4 is 5.82 Å². The number of nitrogens with one attached hydrogen (secondary N) is 2. The summed E-state index contributed by atoms with van der Waals surface area (Å²) in [4.78, 5) is 3.72. The topological polar surface area (TPSA) is 37.0 Å². The molecule has 4 heteroatoms. The standard InChI is InChI=1S/C11H16FN3/c1-4-10(13-8(2)3)15-11-7-5-6-9(12)14-11/h5-7,10,13H,2,4H2,1,3H3,(H,14,15)/t10-/m0/s1. The Labute approximate surface area is 89.4 Å². The Bertz CT molecular complexity index is 338. The van der Waals surface area contributed by atoms with E-state index in [1.807, 2.05) is 13.8 Å². The fourth-order valence-corrected chi connectivity index (χ4v) is 1.20. The van der Waals surface area contributed by atoms with Crippen LogP contribution in [0.4, 0.5) is 10.2 Å². The first-order chi connectivity index (χ1) is 7.11. The minimum atomic E-state index is -0.481. The van der Waals surface area contributed by atoms with Crippen LogP contribution >= 0.6 is 0 Å². The van der Waals surface area contributed by atoms with Gasteiger partial charge in [0.05, 0.1) is 6.17 Å². The van der Waals surface area contributed by atoms with Crippen molar-refractivity contribution in [3.63, 3.8) is 0 Å². The third-order valence-electron chi connectivity index (χ3n) is 1.87. The molecule has 1 aromatic heterocycles. The van der Waals surface area contributed by atoms with Crippen LogP contribution in [0.25, 0.3) is 0 Å². The molecule has 1 heterocycles. The van der Waals surface area contributed by atoms with Crippen LogP contribution < -0.4 is 10.6 Å². The van der Waals surface area contributed by atoms with Crippen LogP contribution in [0.2, 0.25) is 0 Å². The Kier molecular flexibility index (Phi) is 4.09. The molecule has 0 spiro atoms. The van der Waals surface area contributed by atoms with E-state index < -0.39 is 5.95 Å². The average Bonchev–Trinajstić information content (AvgIpc) is 2.16. The van der Waals surface area contributed by atoms with Gasteiger partial charge in [-0.15, -0.1) is 0 Å². The van der Waals surface area contributed by atoms with Crippen LogP contribution in [0, 0.1) is 5.95 Å². The second kappa shape index (κ2) is 5.34. The predicted molar refractivity (Wildman–Crippen MR) is 59.8 cm³/mol. The summed E-state index contributed by atoms with van der Waals surface area (Å²) in [7, 11) is 0. The maximum atomic E-state index is 12.8. The number of halogens is 1. The molecule has 15 heavy (non-hydrogen) atoms. The molecule has 0 aliphatic heterocycles. The van der Waals surface area contributed by atoms with E-state index in [9.17, 15) is 4.39 Å². The third-order valence-corrected chi connectivity index (χ3v) is 1.87. The predicted octanol–water partition coefficient (Wildman–Crippen LogP) is 2.49. The molecule has 0 saturated carbocycles. The number of pyridine rings is 1. The molecule has 0 unspecified atom stereocenters. The summed E-state index contributed by atoms with van der Waals surface area (Å²) < 4.78 is 12.8. The number of hydrogen-bond acceptors (Lipinski definition) is 3. The number of rotatable bonds is 5. The molecule has 0 fully saturated rings. The molecule has 82 valence electrons. The summed E-state index contributed by atoms with van der Waals surface area (Å²) in [6, 6.07) is 4.67. The van der Waals surface area contributed by atoms with E-state index in [-0.39, 0.29) is 6.17 Å². The smallest absolute Gasteiger partial charge is 0.214 e. The molecule has 0 bridgehead atoms. The van der Waals surface area contributed by atoms with Gasteiger partial charge in [0, 0.05) is 5.70 Å². The summed E-state index contributed by atoms with van der Waals surface area (Å²) >= 11 is 0. The second-order valence-corrected chi connectivity index (χ2v) is 3.38. The molecule has 0 aliphatic rings. The van der Waals surface area contributed by atoms with Gasteiger partial charge in [-0.1, -0.05) is 19.6 Å². The van der Waals surface area contributed by atoms with Crippen LogP contribution in [0.15, 0.2) is 30.5 Å². The van der Waals surface area contributed by atoms with Gasteiger partial charge < -0.3 is 10.6 Å². The van der Waals surface area contributed by atoms with Gasteiger partial charge in [-0.25, -0.2) is 4.98 Å². The van der Waals surface area contributed by atoms with Gasteiger partial charge in [0.15, 0.2) is 0 Å². The fraction of sp³-hybridized carbons (Fsp3) is 0.364. The first kappa shape index (κ1) is 11.5. The van der Waals surface area contributed by atoms with Crippen LogP contribution in [-0.2, 0) is 0 Å². The van der Waals surface area contributed by atoms with Crippen molar-refractivity contribution in [1.29, 1.82) is 0 Å². The van der Waals surface area contributed by atoms with E-state index >= 15 is 0 Å². The van der Waals surface area contributed by atoms with Gasteiger partial charge in [0.25, 0.3) is 0 Å². The summed E-state index contributed by atoms with van der Waals surface area (Å²) in [5.41, 5.74) is 0.866. The molecule has 0 aromatic carbocycles. The molecule has 0 radical (unpaired) electrons. The molecule has 0 amide bonds. The Balaban J connectivity index is 2.62. The third kappa shape index (κ3) is 3.97. The molecule has 2 N–H and O–H groups in total. The van der Waals surface area contributed by atoms with Crippen LogP contribution in [0.3, 0.4) is 0 Å². The lowest BCUT2D eigenvalue weighted by atomic mass is 10.3. The highest BCUT2D eigenvalue weighted by Gasteiger charge is 2.05. The molecule has 0 saturated heterocycles. The van der Waals surface area contributed by atoms with Gasteiger partial charge in [-0.2, -0.15) is 4.39 Å². The summed E-state index contributed by atoms with van der Waals surface area (Å²) in [6.07, 6.45) is 0.877. The first-order valence-corrected chi connectivity index (χ1v) is 4.93. The van der Waals surface area contributed by atoms with E-state index in [4.69, 9.17) is 0 Å². The molecule has 3 nitrogen and oxygen atoms in total. The zero-order valence-electron chi connectivity index (χ0n) is 9.05. The molecule has 0 aliphatic carbocycles. The van der Waals surface area contributed by atoms with E-state index in [0.717, 1.165) is 12.1 Å². The average molecular weight is 209 g/mol. The minimum absolute atomic E-state index is 0.0248. The highest BCUT2D eigenvalue weighted by molar-refractivity contribution is 5.34. The number of nitrogens with zero attached hydrogens (tertiary/aromatic N) is 1. The highest BCUT2D eigenvalue weighted by Crippen LogP contribution is 2.06. The zero-order valence-corrected chi connectivity index (χ0v) is 9.05. The maximum Gasteiger partial charge on any atom is 0.214 e. The van der Waals surface area contributed by atoms with Gasteiger partial charge in [0.1, 0.15) is 5.82 Å². The van der Waals surface area contributed by atoms with E-state index in [1.165, 1.54) is 6.07 Å². The fourth-order valence-electron chi connectivity index (χ4n) is 1.20. The SMILES string of the molecule is C=C(C)N[C@H](CC)Nc1cccc(F)n1. The van der Waals surface area contributed by atoms with E-state index in [2.05, 4.69) is 22.2 Å². The lowest BCUT2D eigenvalue weighted by Gasteiger charge is -2.20. The Hall–Kier alpha value is -1.58. The number of hydrogen-bond donors (Lipinski definition) is 2. The normalized spacial score (nSPS) is 11.9. The number of allylic oxidation sites excluding steroid dienone is 1. The number of anilines is 1. The minimum Gasteiger partial charge on any atom is -0.369 e. The van der Waals surface area contributed by atoms with Crippen LogP contribution in [-0.4, -0.2) is 11.1 Å². The molecule has 1 aromatic rings. The van der Waals surface area contributed by atoms with E-state index in [0.29, 0.717) is 5.82 Å². The van der Waals surface area contributed by atoms with Crippen LogP contribution in [0.5, 0.6) is 0 Å². The molecule has 1 rings (SSSR count). The zero-order chi connectivity index (χ0) is 11.3. The van der Waals surface area contributed by atoms with Gasteiger partial charge in [-0.05, 0) is 25.5 Å². The molecular formula is C11H16FN3. The maximum absolute atomic E-state index is 12.8. The monoisotopic (exact) mass is 209 g/mol. The van der Waals surface area contributed by atoms with Crippen molar-refractivity contribution in [2.75, 3.05) is 5.32 Å². The van der Waals surface area contributed by atoms with Crippen molar-refractivity contribution in [1.82, 2.24) is 10.3 Å². The summed E-state index contributed by atoms with van der Waals surface area (Å²) in [6.45, 7) is 7.66. The number of aromatic nitrogens is 1. The Morgan fingerprint density at radius 2 is 2.33 bits per heavy atom. The van der Waals surface area contributed by atoms with Gasteiger partial charge >= 0.3 is 0 Å². The van der Waals surface area contributed by atoms with Crippen LogP contribution in [0.1, 0.15) is 20.3 Å². The lowest BCUT2D eigenvalue weighted by Crippen LogP contribution is -2.34.